The molecule has 1 aromatic heterocycles. The van der Waals surface area contributed by atoms with E-state index in [1.54, 1.807) is 34.6 Å². The lowest BCUT2D eigenvalue weighted by Gasteiger charge is -2.34. The third kappa shape index (κ3) is 3.55. The van der Waals surface area contributed by atoms with E-state index in [9.17, 15) is 4.79 Å². The lowest BCUT2D eigenvalue weighted by Crippen LogP contribution is -2.32. The molecule has 0 spiro atoms. The largest absolute Gasteiger partial charge is 0.332 e. The Hall–Kier alpha value is -1.72. The van der Waals surface area contributed by atoms with Crippen LogP contribution in [0.3, 0.4) is 0 Å². The zero-order valence-electron chi connectivity index (χ0n) is 15.0. The zero-order chi connectivity index (χ0) is 18.4. The summed E-state index contributed by atoms with van der Waals surface area (Å²) in [4.78, 5) is 14.7. The molecule has 142 valence electrons. The summed E-state index contributed by atoms with van der Waals surface area (Å²) < 4.78 is 3.27. The quantitative estimate of drug-likeness (QED) is 0.607. The highest BCUT2D eigenvalue weighted by Crippen LogP contribution is 2.39. The summed E-state index contributed by atoms with van der Waals surface area (Å²) in [5.74, 6) is 0.0863. The van der Waals surface area contributed by atoms with E-state index < -0.39 is 0 Å². The van der Waals surface area contributed by atoms with Crippen LogP contribution in [0.15, 0.2) is 53.6 Å². The Morgan fingerprint density at radius 2 is 1.78 bits per heavy atom. The van der Waals surface area contributed by atoms with E-state index in [1.807, 2.05) is 24.3 Å². The topological polar surface area (TPSA) is 30.2 Å². The first-order valence-corrected chi connectivity index (χ1v) is 9.21. The van der Waals surface area contributed by atoms with Crippen LogP contribution < -0.4 is 5.69 Å². The Kier molecular flexibility index (Phi) is 5.73. The summed E-state index contributed by atoms with van der Waals surface area (Å²) >= 11 is 12.8. The molecule has 4 nitrogen and oxygen atoms in total. The average molecular weight is 425 g/mol. The summed E-state index contributed by atoms with van der Waals surface area (Å²) in [6, 6.07) is 11.8. The van der Waals surface area contributed by atoms with Crippen LogP contribution in [0.5, 0.6) is 0 Å². The molecule has 4 rings (SSSR count). The molecule has 1 atom stereocenters. The van der Waals surface area contributed by atoms with E-state index in [1.165, 1.54) is 0 Å². The summed E-state index contributed by atoms with van der Waals surface area (Å²) in [7, 11) is 3.84. The summed E-state index contributed by atoms with van der Waals surface area (Å²) in [6.07, 6.45) is 3.58. The van der Waals surface area contributed by atoms with Gasteiger partial charge in [0.2, 0.25) is 0 Å². The third-order valence-electron chi connectivity index (χ3n) is 5.01. The van der Waals surface area contributed by atoms with Crippen molar-refractivity contribution in [3.8, 4) is 5.69 Å². The van der Waals surface area contributed by atoms with Gasteiger partial charge in [-0.1, -0.05) is 41.4 Å². The first-order valence-electron chi connectivity index (χ1n) is 8.45. The van der Waals surface area contributed by atoms with Crippen LogP contribution in [-0.2, 0) is 13.6 Å². The van der Waals surface area contributed by atoms with Gasteiger partial charge in [0.05, 0.1) is 5.69 Å². The molecule has 0 unspecified atom stereocenters. The normalized spacial score (nSPS) is 16.7. The number of aromatic nitrogens is 2. The summed E-state index contributed by atoms with van der Waals surface area (Å²) in [6.45, 7) is 1.62. The number of imidazole rings is 1. The van der Waals surface area contributed by atoms with E-state index in [0.717, 1.165) is 35.5 Å². The third-order valence-corrected chi connectivity index (χ3v) is 5.57. The van der Waals surface area contributed by atoms with Crippen molar-refractivity contribution in [3.05, 3.63) is 86.0 Å². The van der Waals surface area contributed by atoms with Crippen LogP contribution in [0, 0.1) is 0 Å². The van der Waals surface area contributed by atoms with Crippen molar-refractivity contribution in [2.24, 2.45) is 7.05 Å². The molecule has 2 heterocycles. The van der Waals surface area contributed by atoms with Crippen LogP contribution in [-0.4, -0.2) is 27.6 Å². The number of rotatable bonds is 2. The van der Waals surface area contributed by atoms with Gasteiger partial charge in [0.15, 0.2) is 0 Å². The predicted molar refractivity (Wildman–Crippen MR) is 113 cm³/mol. The van der Waals surface area contributed by atoms with E-state index >= 15 is 0 Å². The van der Waals surface area contributed by atoms with Crippen molar-refractivity contribution >= 4 is 35.6 Å². The van der Waals surface area contributed by atoms with E-state index in [4.69, 9.17) is 23.2 Å². The molecule has 0 saturated heterocycles. The summed E-state index contributed by atoms with van der Waals surface area (Å²) in [5.41, 5.74) is 4.15. The van der Waals surface area contributed by atoms with Gasteiger partial charge in [0, 0.05) is 48.5 Å². The predicted octanol–water partition coefficient (Wildman–Crippen LogP) is 4.48. The second-order valence-corrected chi connectivity index (χ2v) is 7.67. The highest BCUT2D eigenvalue weighted by molar-refractivity contribution is 6.35. The Morgan fingerprint density at radius 1 is 1.04 bits per heavy atom. The van der Waals surface area contributed by atoms with Gasteiger partial charge >= 0.3 is 5.69 Å². The first-order chi connectivity index (χ1) is 12.5. The van der Waals surface area contributed by atoms with Crippen LogP contribution in [0.1, 0.15) is 22.6 Å². The Balaban J connectivity index is 0.00000210. The fraction of sp³-hybridized carbons (Fsp3) is 0.250. The van der Waals surface area contributed by atoms with Crippen molar-refractivity contribution in [1.82, 2.24) is 14.0 Å². The Bertz CT molecular complexity index is 1040. The maximum absolute atomic E-state index is 12.5. The number of hydrogen-bond acceptors (Lipinski definition) is 2. The number of aryl methyl sites for hydroxylation is 1. The van der Waals surface area contributed by atoms with Gasteiger partial charge in [-0.3, -0.25) is 4.57 Å². The van der Waals surface area contributed by atoms with Crippen LogP contribution in [0.4, 0.5) is 0 Å². The van der Waals surface area contributed by atoms with Gasteiger partial charge in [-0.05, 0) is 41.9 Å². The van der Waals surface area contributed by atoms with Crippen molar-refractivity contribution in [3.63, 3.8) is 0 Å². The van der Waals surface area contributed by atoms with Crippen molar-refractivity contribution in [2.45, 2.75) is 12.5 Å². The number of para-hydroxylation sites is 1. The number of nitrogens with zero attached hydrogens (tertiary/aromatic N) is 3. The average Bonchev–Trinajstić information content (AvgIpc) is 2.94. The molecular weight excluding hydrogens is 405 g/mol. The maximum Gasteiger partial charge on any atom is 0.332 e. The fourth-order valence-corrected chi connectivity index (χ4v) is 4.33. The van der Waals surface area contributed by atoms with Crippen molar-refractivity contribution in [1.29, 1.82) is 0 Å². The molecular formula is C20H20Cl3N3O. The minimum Gasteiger partial charge on any atom is -0.302 e. The molecule has 1 aliphatic heterocycles. The molecule has 0 aliphatic carbocycles. The zero-order valence-corrected chi connectivity index (χ0v) is 17.4. The molecule has 7 heteroatoms. The Labute approximate surface area is 174 Å². The van der Waals surface area contributed by atoms with Crippen molar-refractivity contribution in [2.75, 3.05) is 13.6 Å². The maximum atomic E-state index is 12.5. The monoisotopic (exact) mass is 423 g/mol. The van der Waals surface area contributed by atoms with Gasteiger partial charge in [0.25, 0.3) is 0 Å². The van der Waals surface area contributed by atoms with Gasteiger partial charge < -0.3 is 9.47 Å². The fourth-order valence-electron chi connectivity index (χ4n) is 3.76. The van der Waals surface area contributed by atoms with Crippen LogP contribution >= 0.6 is 35.6 Å². The molecule has 0 saturated carbocycles. The number of benzene rings is 2. The molecule has 0 fully saturated rings. The highest BCUT2D eigenvalue weighted by atomic mass is 35.5. The van der Waals surface area contributed by atoms with Gasteiger partial charge in [-0.2, -0.15) is 0 Å². The molecule has 0 amide bonds. The second-order valence-electron chi connectivity index (χ2n) is 6.83. The first kappa shape index (κ1) is 20.0. The molecule has 1 aliphatic rings. The van der Waals surface area contributed by atoms with Crippen LogP contribution in [0.25, 0.3) is 5.69 Å². The molecule has 0 radical (unpaired) electrons. The minimum absolute atomic E-state index is 0. The molecule has 0 bridgehead atoms. The number of likely N-dealkylation sites (N-methyl/N-ethyl adjacent to an activating group) is 1. The summed E-state index contributed by atoms with van der Waals surface area (Å²) in [5, 5.41) is 1.33. The number of hydrogen-bond donors (Lipinski definition) is 0. The van der Waals surface area contributed by atoms with E-state index in [2.05, 4.69) is 18.0 Å². The lowest BCUT2D eigenvalue weighted by atomic mass is 9.84. The highest BCUT2D eigenvalue weighted by Gasteiger charge is 2.29. The number of halogens is 3. The van der Waals surface area contributed by atoms with Gasteiger partial charge in [-0.15, -0.1) is 12.4 Å². The van der Waals surface area contributed by atoms with E-state index in [-0.39, 0.29) is 24.0 Å². The minimum atomic E-state index is -0.0639. The Morgan fingerprint density at radius 3 is 2.48 bits per heavy atom. The smallest absolute Gasteiger partial charge is 0.302 e. The second kappa shape index (κ2) is 7.72. The van der Waals surface area contributed by atoms with E-state index in [0.29, 0.717) is 10.0 Å². The van der Waals surface area contributed by atoms with Crippen molar-refractivity contribution < 1.29 is 0 Å². The molecule has 0 N–H and O–H groups in total. The van der Waals surface area contributed by atoms with Gasteiger partial charge in [0.1, 0.15) is 0 Å². The molecule has 2 aromatic carbocycles. The van der Waals surface area contributed by atoms with Crippen LogP contribution in [0.2, 0.25) is 10.0 Å². The lowest BCUT2D eigenvalue weighted by molar-refractivity contribution is 0.295. The standard InChI is InChI=1S/C20H19Cl2N3O.ClH/c1-23-11-16(15-9-13(21)10-18(22)17(15)12-23)14-5-3-4-6-19(14)25-8-7-24(2)20(25)26;/h3-10,16H,11-12H2,1-2H3;1H/t16-;/m0./s1. The SMILES string of the molecule is CN1Cc2c(Cl)cc(Cl)cc2[C@H](c2ccccc2-n2ccn(C)c2=O)C1.Cl. The number of fused-ring (bicyclic) bond motifs is 1. The molecule has 27 heavy (non-hydrogen) atoms. The molecule has 3 aromatic rings. The van der Waals surface area contributed by atoms with Gasteiger partial charge in [-0.25, -0.2) is 4.79 Å².